The van der Waals surface area contributed by atoms with Gasteiger partial charge in [0, 0.05) is 11.1 Å². The van der Waals surface area contributed by atoms with Gasteiger partial charge in [-0.3, -0.25) is 24.6 Å². The fourth-order valence-corrected chi connectivity index (χ4v) is 3.89. The molecule has 0 spiro atoms. The molecule has 1 heterocycles. The Balaban J connectivity index is 1.33. The van der Waals surface area contributed by atoms with Crippen LogP contribution in [0.25, 0.3) is 0 Å². The molecule has 1 aliphatic rings. The monoisotopic (exact) mass is 456 g/mol. The van der Waals surface area contributed by atoms with Crippen molar-refractivity contribution in [2.75, 3.05) is 13.1 Å². The highest BCUT2D eigenvalue weighted by molar-refractivity contribution is 6.06. The van der Waals surface area contributed by atoms with Crippen molar-refractivity contribution in [1.82, 2.24) is 10.2 Å². The van der Waals surface area contributed by atoms with E-state index in [4.69, 9.17) is 4.74 Å². The highest BCUT2D eigenvalue weighted by Gasteiger charge is 2.33. The third-order valence-corrected chi connectivity index (χ3v) is 5.68. The summed E-state index contributed by atoms with van der Waals surface area (Å²) in [5.41, 5.74) is 1.29. The van der Waals surface area contributed by atoms with Crippen molar-refractivity contribution in [3.8, 4) is 5.75 Å². The minimum Gasteiger partial charge on any atom is -0.423 e. The van der Waals surface area contributed by atoms with E-state index >= 15 is 0 Å². The standard InChI is InChI=1S/C27H24N2O5/c30-24(19-13-15-22(16-14-19)34-27(33)21-10-5-2-6-11-21)18-29-17-7-12-23(29)26(32)28-25(31)20-8-3-1-4-9-20/h1-6,8-11,13-16,23H,7,12,17-18H2,(H,28,31,32)/t23-/m1/s1. The van der Waals surface area contributed by atoms with Crippen LogP contribution in [0.2, 0.25) is 0 Å². The molecule has 34 heavy (non-hydrogen) atoms. The number of rotatable bonds is 7. The molecule has 0 aromatic heterocycles. The molecule has 1 atom stereocenters. The molecule has 2 amide bonds. The number of carbonyl (C=O) groups is 4. The maximum Gasteiger partial charge on any atom is 0.343 e. The van der Waals surface area contributed by atoms with E-state index in [-0.39, 0.29) is 12.3 Å². The van der Waals surface area contributed by atoms with Gasteiger partial charge in [-0.2, -0.15) is 0 Å². The van der Waals surface area contributed by atoms with Gasteiger partial charge in [0.25, 0.3) is 5.91 Å². The number of esters is 1. The van der Waals surface area contributed by atoms with Crippen LogP contribution in [0, 0.1) is 0 Å². The van der Waals surface area contributed by atoms with Gasteiger partial charge in [0.05, 0.1) is 18.2 Å². The Morgan fingerprint density at radius 3 is 2.06 bits per heavy atom. The number of Topliss-reactive ketones (excluding diaryl/α,β-unsaturated/α-hetero) is 1. The minimum absolute atomic E-state index is 0.0563. The Kier molecular flexibility index (Phi) is 7.25. The number of nitrogens with one attached hydrogen (secondary N) is 1. The first kappa shape index (κ1) is 23.1. The van der Waals surface area contributed by atoms with E-state index in [9.17, 15) is 19.2 Å². The summed E-state index contributed by atoms with van der Waals surface area (Å²) in [5.74, 6) is -1.15. The molecule has 7 heteroatoms. The molecule has 4 rings (SSSR count). The second-order valence-corrected chi connectivity index (χ2v) is 8.02. The number of ether oxygens (including phenoxy) is 1. The van der Waals surface area contributed by atoms with E-state index < -0.39 is 23.8 Å². The minimum atomic E-state index is -0.539. The maximum absolute atomic E-state index is 12.8. The van der Waals surface area contributed by atoms with Gasteiger partial charge in [-0.15, -0.1) is 0 Å². The lowest BCUT2D eigenvalue weighted by molar-refractivity contribution is -0.124. The first-order valence-corrected chi connectivity index (χ1v) is 11.1. The average Bonchev–Trinajstić information content (AvgIpc) is 3.33. The van der Waals surface area contributed by atoms with E-state index in [1.807, 2.05) is 6.07 Å². The topological polar surface area (TPSA) is 92.8 Å². The van der Waals surface area contributed by atoms with Crippen molar-refractivity contribution >= 4 is 23.6 Å². The summed E-state index contributed by atoms with van der Waals surface area (Å²) in [6.45, 7) is 0.650. The van der Waals surface area contributed by atoms with Gasteiger partial charge in [-0.25, -0.2) is 4.79 Å². The predicted octanol–water partition coefficient (Wildman–Crippen LogP) is 3.51. The molecule has 1 saturated heterocycles. The summed E-state index contributed by atoms with van der Waals surface area (Å²) in [5, 5.41) is 2.44. The van der Waals surface area contributed by atoms with Crippen molar-refractivity contribution in [3.63, 3.8) is 0 Å². The quantitative estimate of drug-likeness (QED) is 0.253. The molecular weight excluding hydrogens is 432 g/mol. The van der Waals surface area contributed by atoms with Crippen molar-refractivity contribution in [1.29, 1.82) is 0 Å². The highest BCUT2D eigenvalue weighted by atomic mass is 16.5. The molecule has 1 N–H and O–H groups in total. The van der Waals surface area contributed by atoms with Crippen LogP contribution >= 0.6 is 0 Å². The Morgan fingerprint density at radius 2 is 1.41 bits per heavy atom. The SMILES string of the molecule is O=C(CN1CCC[C@@H]1C(=O)NC(=O)c1ccccc1)c1ccc(OC(=O)c2ccccc2)cc1. The van der Waals surface area contributed by atoms with Crippen LogP contribution in [-0.4, -0.2) is 47.6 Å². The van der Waals surface area contributed by atoms with Gasteiger partial charge in [0.2, 0.25) is 5.91 Å². The number of hydrogen-bond donors (Lipinski definition) is 1. The molecule has 0 aliphatic carbocycles. The van der Waals surface area contributed by atoms with Gasteiger partial charge >= 0.3 is 5.97 Å². The molecule has 0 unspecified atom stereocenters. The van der Waals surface area contributed by atoms with Crippen LogP contribution in [0.1, 0.15) is 43.9 Å². The van der Waals surface area contributed by atoms with Crippen molar-refractivity contribution in [3.05, 3.63) is 102 Å². The lowest BCUT2D eigenvalue weighted by Gasteiger charge is -2.22. The molecule has 172 valence electrons. The Bertz CT molecular complexity index is 1180. The van der Waals surface area contributed by atoms with Crippen LogP contribution in [0.15, 0.2) is 84.9 Å². The van der Waals surface area contributed by atoms with E-state index in [0.717, 1.165) is 6.42 Å². The summed E-state index contributed by atoms with van der Waals surface area (Å²) >= 11 is 0. The van der Waals surface area contributed by atoms with Crippen LogP contribution in [0.4, 0.5) is 0 Å². The second-order valence-electron chi connectivity index (χ2n) is 8.02. The number of benzene rings is 3. The smallest absolute Gasteiger partial charge is 0.343 e. The zero-order valence-corrected chi connectivity index (χ0v) is 18.5. The summed E-state index contributed by atoms with van der Waals surface area (Å²) < 4.78 is 5.35. The van der Waals surface area contributed by atoms with Crippen LogP contribution < -0.4 is 10.1 Å². The second kappa shape index (κ2) is 10.7. The Labute approximate surface area is 197 Å². The van der Waals surface area contributed by atoms with Gasteiger partial charge < -0.3 is 4.74 Å². The van der Waals surface area contributed by atoms with Gasteiger partial charge in [0.15, 0.2) is 5.78 Å². The van der Waals surface area contributed by atoms with Crippen molar-refractivity contribution in [2.24, 2.45) is 0 Å². The number of likely N-dealkylation sites (tertiary alicyclic amines) is 1. The number of ketones is 1. The maximum atomic E-state index is 12.8. The molecule has 3 aromatic rings. The third-order valence-electron chi connectivity index (χ3n) is 5.68. The van der Waals surface area contributed by atoms with E-state index in [0.29, 0.717) is 35.4 Å². The van der Waals surface area contributed by atoms with Crippen LogP contribution in [0.3, 0.4) is 0 Å². The molecular formula is C27H24N2O5. The molecule has 7 nitrogen and oxygen atoms in total. The number of nitrogens with zero attached hydrogens (tertiary/aromatic N) is 1. The molecule has 3 aromatic carbocycles. The van der Waals surface area contributed by atoms with Crippen LogP contribution in [-0.2, 0) is 4.79 Å². The molecule has 0 bridgehead atoms. The summed E-state index contributed by atoms with van der Waals surface area (Å²) in [7, 11) is 0. The number of carbonyl (C=O) groups excluding carboxylic acids is 4. The molecule has 0 radical (unpaired) electrons. The predicted molar refractivity (Wildman–Crippen MR) is 126 cm³/mol. The molecule has 0 saturated carbocycles. The van der Waals surface area contributed by atoms with Crippen molar-refractivity contribution in [2.45, 2.75) is 18.9 Å². The number of amides is 2. The van der Waals surface area contributed by atoms with Crippen LogP contribution in [0.5, 0.6) is 5.75 Å². The summed E-state index contributed by atoms with van der Waals surface area (Å²) in [4.78, 5) is 51.8. The van der Waals surface area contributed by atoms with Crippen molar-refractivity contribution < 1.29 is 23.9 Å². The average molecular weight is 456 g/mol. The van der Waals surface area contributed by atoms with E-state index in [1.54, 1.807) is 83.8 Å². The normalized spacial score (nSPS) is 15.5. The summed E-state index contributed by atoms with van der Waals surface area (Å²) in [6, 6.07) is 23.0. The third kappa shape index (κ3) is 5.63. The number of hydrogen-bond acceptors (Lipinski definition) is 6. The lowest BCUT2D eigenvalue weighted by Crippen LogP contribution is -2.46. The zero-order valence-electron chi connectivity index (χ0n) is 18.5. The summed E-state index contributed by atoms with van der Waals surface area (Å²) in [6.07, 6.45) is 1.34. The first-order chi connectivity index (χ1) is 16.5. The highest BCUT2D eigenvalue weighted by Crippen LogP contribution is 2.20. The zero-order chi connectivity index (χ0) is 23.9. The first-order valence-electron chi connectivity index (χ1n) is 11.1. The van der Waals surface area contributed by atoms with E-state index in [2.05, 4.69) is 5.32 Å². The largest absolute Gasteiger partial charge is 0.423 e. The van der Waals surface area contributed by atoms with E-state index in [1.165, 1.54) is 0 Å². The van der Waals surface area contributed by atoms with Gasteiger partial charge in [-0.1, -0.05) is 36.4 Å². The van der Waals surface area contributed by atoms with Gasteiger partial charge in [0.1, 0.15) is 5.75 Å². The fraction of sp³-hybridized carbons (Fsp3) is 0.185. The fourth-order valence-electron chi connectivity index (χ4n) is 3.89. The number of imide groups is 1. The molecule has 1 aliphatic heterocycles. The van der Waals surface area contributed by atoms with Gasteiger partial charge in [-0.05, 0) is 67.9 Å². The Morgan fingerprint density at radius 1 is 0.794 bits per heavy atom. The Hall–Kier alpha value is -4.10. The molecule has 1 fully saturated rings. The lowest BCUT2D eigenvalue weighted by atomic mass is 10.1.